The first-order chi connectivity index (χ1) is 6.77. The standard InChI is InChI=1S/C9H13NO3S/c1-6(11)7-5-14-9(10-7)8-4-12-2-3-13-8/h5-6,8,11H,2-4H2,1H3. The lowest BCUT2D eigenvalue weighted by atomic mass is 10.3. The molecule has 2 heterocycles. The fraction of sp³-hybridized carbons (Fsp3) is 0.667. The maximum Gasteiger partial charge on any atom is 0.132 e. The third-order valence-corrected chi connectivity index (χ3v) is 3.01. The maximum atomic E-state index is 9.31. The number of thiazole rings is 1. The fourth-order valence-electron chi connectivity index (χ4n) is 1.27. The van der Waals surface area contributed by atoms with Crippen LogP contribution in [-0.4, -0.2) is 29.9 Å². The molecule has 1 aromatic heterocycles. The van der Waals surface area contributed by atoms with E-state index < -0.39 is 6.10 Å². The Morgan fingerprint density at radius 2 is 2.50 bits per heavy atom. The van der Waals surface area contributed by atoms with Gasteiger partial charge in [0.05, 0.1) is 31.6 Å². The minimum Gasteiger partial charge on any atom is -0.387 e. The van der Waals surface area contributed by atoms with Gasteiger partial charge in [-0.3, -0.25) is 0 Å². The molecular weight excluding hydrogens is 202 g/mol. The van der Waals surface area contributed by atoms with Crippen molar-refractivity contribution in [3.63, 3.8) is 0 Å². The number of nitrogens with zero attached hydrogens (tertiary/aromatic N) is 1. The van der Waals surface area contributed by atoms with Crippen molar-refractivity contribution in [1.29, 1.82) is 0 Å². The first kappa shape index (κ1) is 10.0. The van der Waals surface area contributed by atoms with Crippen molar-refractivity contribution in [2.75, 3.05) is 19.8 Å². The summed E-state index contributed by atoms with van der Waals surface area (Å²) in [6, 6.07) is 0. The van der Waals surface area contributed by atoms with E-state index in [4.69, 9.17) is 9.47 Å². The molecule has 78 valence electrons. The summed E-state index contributed by atoms with van der Waals surface area (Å²) < 4.78 is 10.8. The Morgan fingerprint density at radius 1 is 1.64 bits per heavy atom. The molecule has 0 bridgehead atoms. The topological polar surface area (TPSA) is 51.6 Å². The molecule has 1 N–H and O–H groups in total. The second-order valence-electron chi connectivity index (χ2n) is 3.22. The van der Waals surface area contributed by atoms with Gasteiger partial charge in [0.15, 0.2) is 0 Å². The Balaban J connectivity index is 2.07. The minimum absolute atomic E-state index is 0.0544. The molecule has 4 nitrogen and oxygen atoms in total. The molecule has 0 radical (unpaired) electrons. The summed E-state index contributed by atoms with van der Waals surface area (Å²) in [5, 5.41) is 12.1. The average Bonchev–Trinajstić information content (AvgIpc) is 2.68. The summed E-state index contributed by atoms with van der Waals surface area (Å²) in [5.74, 6) is 0. The molecule has 0 amide bonds. The highest BCUT2D eigenvalue weighted by Gasteiger charge is 2.20. The number of hydrogen-bond donors (Lipinski definition) is 1. The van der Waals surface area contributed by atoms with E-state index in [1.54, 1.807) is 6.92 Å². The number of aliphatic hydroxyl groups excluding tert-OH is 1. The fourth-order valence-corrected chi connectivity index (χ4v) is 2.21. The summed E-state index contributed by atoms with van der Waals surface area (Å²) in [6.45, 7) is 3.54. The molecule has 1 aliphatic rings. The second-order valence-corrected chi connectivity index (χ2v) is 4.11. The number of rotatable bonds is 2. The Labute approximate surface area is 86.5 Å². The number of hydrogen-bond acceptors (Lipinski definition) is 5. The van der Waals surface area contributed by atoms with Gasteiger partial charge in [-0.25, -0.2) is 4.98 Å². The smallest absolute Gasteiger partial charge is 0.132 e. The van der Waals surface area contributed by atoms with Gasteiger partial charge in [-0.15, -0.1) is 11.3 Å². The summed E-state index contributed by atoms with van der Waals surface area (Å²) in [7, 11) is 0. The van der Waals surface area contributed by atoms with Crippen molar-refractivity contribution in [3.05, 3.63) is 16.1 Å². The molecule has 0 aromatic carbocycles. The van der Waals surface area contributed by atoms with E-state index in [0.29, 0.717) is 25.5 Å². The van der Waals surface area contributed by atoms with E-state index >= 15 is 0 Å². The Bertz CT molecular complexity index is 294. The first-order valence-electron chi connectivity index (χ1n) is 4.60. The summed E-state index contributed by atoms with van der Waals surface area (Å²) in [6.07, 6.45) is -0.564. The summed E-state index contributed by atoms with van der Waals surface area (Å²) in [4.78, 5) is 4.30. The molecule has 1 aliphatic heterocycles. The lowest BCUT2D eigenvalue weighted by Crippen LogP contribution is -2.21. The average molecular weight is 215 g/mol. The lowest BCUT2D eigenvalue weighted by Gasteiger charge is -2.20. The van der Waals surface area contributed by atoms with Crippen molar-refractivity contribution in [3.8, 4) is 0 Å². The van der Waals surface area contributed by atoms with E-state index in [1.165, 1.54) is 11.3 Å². The maximum absolute atomic E-state index is 9.31. The summed E-state index contributed by atoms with van der Waals surface area (Å²) in [5.41, 5.74) is 0.708. The first-order valence-corrected chi connectivity index (χ1v) is 5.48. The SMILES string of the molecule is CC(O)c1csc(C2COCCO2)n1. The monoisotopic (exact) mass is 215 g/mol. The Morgan fingerprint density at radius 3 is 3.07 bits per heavy atom. The zero-order valence-electron chi connectivity index (χ0n) is 7.97. The van der Waals surface area contributed by atoms with E-state index in [2.05, 4.69) is 4.98 Å². The van der Waals surface area contributed by atoms with E-state index in [1.807, 2.05) is 5.38 Å². The van der Waals surface area contributed by atoms with Gasteiger partial charge < -0.3 is 14.6 Å². The second kappa shape index (κ2) is 4.35. The highest BCUT2D eigenvalue weighted by atomic mass is 32.1. The highest BCUT2D eigenvalue weighted by Crippen LogP contribution is 2.26. The van der Waals surface area contributed by atoms with Crippen LogP contribution in [0.4, 0.5) is 0 Å². The van der Waals surface area contributed by atoms with Crippen LogP contribution in [-0.2, 0) is 9.47 Å². The molecule has 1 aromatic rings. The largest absolute Gasteiger partial charge is 0.387 e. The van der Waals surface area contributed by atoms with Crippen LogP contribution in [0.3, 0.4) is 0 Å². The van der Waals surface area contributed by atoms with Crippen LogP contribution >= 0.6 is 11.3 Å². The number of aromatic nitrogens is 1. The molecule has 5 heteroatoms. The van der Waals surface area contributed by atoms with Crippen molar-refractivity contribution in [2.45, 2.75) is 19.1 Å². The molecule has 2 atom stereocenters. The van der Waals surface area contributed by atoms with Gasteiger partial charge in [0, 0.05) is 5.38 Å². The third-order valence-electron chi connectivity index (χ3n) is 2.06. The van der Waals surface area contributed by atoms with Gasteiger partial charge in [-0.05, 0) is 6.92 Å². The molecule has 1 saturated heterocycles. The van der Waals surface area contributed by atoms with Gasteiger partial charge in [-0.1, -0.05) is 0 Å². The number of ether oxygens (including phenoxy) is 2. The van der Waals surface area contributed by atoms with Gasteiger partial charge >= 0.3 is 0 Å². The normalized spacial score (nSPS) is 24.9. The van der Waals surface area contributed by atoms with Crippen molar-refractivity contribution in [1.82, 2.24) is 4.98 Å². The van der Waals surface area contributed by atoms with E-state index in [-0.39, 0.29) is 6.10 Å². The molecular formula is C9H13NO3S. The summed E-state index contributed by atoms with van der Waals surface area (Å²) >= 11 is 1.51. The quantitative estimate of drug-likeness (QED) is 0.807. The third kappa shape index (κ3) is 2.12. The predicted molar refractivity (Wildman–Crippen MR) is 52.3 cm³/mol. The van der Waals surface area contributed by atoms with E-state index in [9.17, 15) is 5.11 Å². The lowest BCUT2D eigenvalue weighted by molar-refractivity contribution is -0.0902. The molecule has 1 fully saturated rings. The molecule has 14 heavy (non-hydrogen) atoms. The van der Waals surface area contributed by atoms with Crippen LogP contribution in [0.2, 0.25) is 0 Å². The van der Waals surface area contributed by atoms with Crippen LogP contribution in [0.25, 0.3) is 0 Å². The van der Waals surface area contributed by atoms with Gasteiger partial charge in [0.2, 0.25) is 0 Å². The van der Waals surface area contributed by atoms with Crippen molar-refractivity contribution < 1.29 is 14.6 Å². The van der Waals surface area contributed by atoms with Crippen LogP contribution in [0.15, 0.2) is 5.38 Å². The Kier molecular flexibility index (Phi) is 3.12. The van der Waals surface area contributed by atoms with E-state index in [0.717, 1.165) is 5.01 Å². The number of aliphatic hydroxyl groups is 1. The molecule has 2 unspecified atom stereocenters. The van der Waals surface area contributed by atoms with Gasteiger partial charge in [0.25, 0.3) is 0 Å². The molecule has 0 spiro atoms. The zero-order valence-corrected chi connectivity index (χ0v) is 8.79. The highest BCUT2D eigenvalue weighted by molar-refractivity contribution is 7.09. The van der Waals surface area contributed by atoms with Crippen LogP contribution in [0.5, 0.6) is 0 Å². The minimum atomic E-state index is -0.510. The van der Waals surface area contributed by atoms with Crippen molar-refractivity contribution in [2.24, 2.45) is 0 Å². The van der Waals surface area contributed by atoms with Crippen LogP contribution in [0, 0.1) is 0 Å². The van der Waals surface area contributed by atoms with Gasteiger partial charge in [-0.2, -0.15) is 0 Å². The van der Waals surface area contributed by atoms with Crippen LogP contribution in [0.1, 0.15) is 29.8 Å². The zero-order chi connectivity index (χ0) is 9.97. The predicted octanol–water partition coefficient (Wildman–Crippen LogP) is 1.28. The molecule has 0 aliphatic carbocycles. The van der Waals surface area contributed by atoms with Gasteiger partial charge in [0.1, 0.15) is 11.1 Å². The van der Waals surface area contributed by atoms with Crippen molar-refractivity contribution >= 4 is 11.3 Å². The molecule has 0 saturated carbocycles. The molecule has 2 rings (SSSR count). The Hall–Kier alpha value is -0.490. The van der Waals surface area contributed by atoms with Crippen LogP contribution < -0.4 is 0 Å².